The molecule has 4 aromatic rings. The third kappa shape index (κ3) is 2.85. The third-order valence-electron chi connectivity index (χ3n) is 5.11. The number of anilines is 1. The van der Waals surface area contributed by atoms with E-state index in [2.05, 4.69) is 33.5 Å². The van der Waals surface area contributed by atoms with E-state index < -0.39 is 0 Å². The molecule has 0 fully saturated rings. The number of carbonyl (C=O) groups excluding carboxylic acids is 1. The van der Waals surface area contributed by atoms with Crippen LogP contribution in [0.25, 0.3) is 22.3 Å². The summed E-state index contributed by atoms with van der Waals surface area (Å²) in [6.45, 7) is 0. The van der Waals surface area contributed by atoms with Gasteiger partial charge in [-0.2, -0.15) is 0 Å². The van der Waals surface area contributed by atoms with Gasteiger partial charge in [0.2, 0.25) is 0 Å². The van der Waals surface area contributed by atoms with E-state index in [-0.39, 0.29) is 5.91 Å². The lowest BCUT2D eigenvalue weighted by Crippen LogP contribution is -2.14. The molecule has 0 radical (unpaired) electrons. The monoisotopic (exact) mass is 363 g/mol. The lowest BCUT2D eigenvalue weighted by atomic mass is 10.0. The highest BCUT2D eigenvalue weighted by Gasteiger charge is 2.23. The second kappa shape index (κ2) is 6.74. The molecule has 0 bridgehead atoms. The molecule has 3 aromatic carbocycles. The van der Waals surface area contributed by atoms with E-state index in [4.69, 9.17) is 0 Å². The zero-order chi connectivity index (χ0) is 18.9. The van der Waals surface area contributed by atoms with Crippen molar-refractivity contribution in [1.29, 1.82) is 0 Å². The molecular formula is C24H17N3O. The Morgan fingerprint density at radius 3 is 2.50 bits per heavy atom. The molecule has 134 valence electrons. The molecule has 0 saturated carbocycles. The van der Waals surface area contributed by atoms with Crippen LogP contribution < -0.4 is 5.32 Å². The summed E-state index contributed by atoms with van der Waals surface area (Å²) in [6, 6.07) is 22.0. The molecule has 1 aliphatic rings. The molecule has 4 heteroatoms. The molecule has 0 aliphatic heterocycles. The minimum atomic E-state index is -0.0916. The van der Waals surface area contributed by atoms with E-state index in [0.717, 1.165) is 39.9 Å². The summed E-state index contributed by atoms with van der Waals surface area (Å²) in [7, 11) is 0. The van der Waals surface area contributed by atoms with Crippen molar-refractivity contribution in [2.45, 2.75) is 6.42 Å². The minimum Gasteiger partial charge on any atom is -0.322 e. The van der Waals surface area contributed by atoms with Crippen molar-refractivity contribution < 1.29 is 4.79 Å². The maximum absolute atomic E-state index is 13.0. The van der Waals surface area contributed by atoms with E-state index in [1.807, 2.05) is 48.5 Å². The van der Waals surface area contributed by atoms with Crippen LogP contribution in [-0.2, 0) is 6.42 Å². The van der Waals surface area contributed by atoms with Crippen LogP contribution in [0, 0.1) is 0 Å². The topological polar surface area (TPSA) is 54.9 Å². The van der Waals surface area contributed by atoms with Gasteiger partial charge in [-0.15, -0.1) is 0 Å². The fourth-order valence-corrected chi connectivity index (χ4v) is 3.79. The van der Waals surface area contributed by atoms with Gasteiger partial charge in [0, 0.05) is 29.2 Å². The van der Waals surface area contributed by atoms with Crippen LogP contribution in [0.3, 0.4) is 0 Å². The molecule has 5 rings (SSSR count). The Balaban J connectivity index is 1.45. The van der Waals surface area contributed by atoms with Gasteiger partial charge in [0.05, 0.1) is 0 Å². The van der Waals surface area contributed by atoms with Crippen molar-refractivity contribution in [2.24, 2.45) is 0 Å². The predicted octanol–water partition coefficient (Wildman–Crippen LogP) is 4.97. The molecule has 28 heavy (non-hydrogen) atoms. The summed E-state index contributed by atoms with van der Waals surface area (Å²) >= 11 is 0. The van der Waals surface area contributed by atoms with Gasteiger partial charge in [0.15, 0.2) is 0 Å². The summed E-state index contributed by atoms with van der Waals surface area (Å²) in [4.78, 5) is 21.2. The Morgan fingerprint density at radius 2 is 1.61 bits per heavy atom. The van der Waals surface area contributed by atoms with Crippen LogP contribution in [0.15, 0.2) is 85.5 Å². The normalized spacial score (nSPS) is 11.6. The van der Waals surface area contributed by atoms with E-state index in [1.54, 1.807) is 12.4 Å². The molecule has 0 saturated heterocycles. The van der Waals surface area contributed by atoms with Gasteiger partial charge in [-0.1, -0.05) is 48.5 Å². The summed E-state index contributed by atoms with van der Waals surface area (Å²) in [5, 5.41) is 3.05. The Labute approximate surface area is 162 Å². The van der Waals surface area contributed by atoms with Crippen molar-refractivity contribution in [3.63, 3.8) is 0 Å². The first-order chi connectivity index (χ1) is 13.8. The standard InChI is InChI=1S/C24H17N3O/c28-24(27-19-7-3-6-16(11-19)18-13-25-15-26-14-18)22-10-4-9-21-20-8-2-1-5-17(20)12-23(21)22/h1-11,13-15H,12H2,(H,27,28). The highest BCUT2D eigenvalue weighted by Crippen LogP contribution is 2.38. The molecule has 1 amide bonds. The maximum atomic E-state index is 13.0. The second-order valence-electron chi connectivity index (χ2n) is 6.83. The third-order valence-corrected chi connectivity index (χ3v) is 5.11. The quantitative estimate of drug-likeness (QED) is 0.492. The lowest BCUT2D eigenvalue weighted by molar-refractivity contribution is 0.102. The van der Waals surface area contributed by atoms with E-state index in [1.165, 1.54) is 17.5 Å². The minimum absolute atomic E-state index is 0.0916. The first kappa shape index (κ1) is 16.4. The van der Waals surface area contributed by atoms with E-state index in [9.17, 15) is 4.79 Å². The summed E-state index contributed by atoms with van der Waals surface area (Å²) in [5.74, 6) is -0.0916. The predicted molar refractivity (Wildman–Crippen MR) is 110 cm³/mol. The zero-order valence-electron chi connectivity index (χ0n) is 15.1. The molecule has 0 unspecified atom stereocenters. The van der Waals surface area contributed by atoms with Crippen LogP contribution in [-0.4, -0.2) is 15.9 Å². The number of benzene rings is 3. The fourth-order valence-electron chi connectivity index (χ4n) is 3.79. The van der Waals surface area contributed by atoms with Gasteiger partial charge in [-0.05, 0) is 52.4 Å². The van der Waals surface area contributed by atoms with Crippen LogP contribution >= 0.6 is 0 Å². The fraction of sp³-hybridized carbons (Fsp3) is 0.0417. The van der Waals surface area contributed by atoms with Gasteiger partial charge >= 0.3 is 0 Å². The van der Waals surface area contributed by atoms with Crippen molar-refractivity contribution in [2.75, 3.05) is 5.32 Å². The van der Waals surface area contributed by atoms with Crippen molar-refractivity contribution in [1.82, 2.24) is 9.97 Å². The van der Waals surface area contributed by atoms with Crippen molar-refractivity contribution in [3.8, 4) is 22.3 Å². The Morgan fingerprint density at radius 1 is 0.821 bits per heavy atom. The highest BCUT2D eigenvalue weighted by molar-refractivity contribution is 6.07. The second-order valence-corrected chi connectivity index (χ2v) is 6.83. The average molecular weight is 363 g/mol. The molecule has 1 aromatic heterocycles. The Bertz CT molecular complexity index is 1190. The SMILES string of the molecule is O=C(Nc1cccc(-c2cncnc2)c1)c1cccc2c1Cc1ccccc1-2. The number of carbonyl (C=O) groups is 1. The summed E-state index contributed by atoms with van der Waals surface area (Å²) < 4.78 is 0. The Kier molecular flexibility index (Phi) is 3.95. The first-order valence-corrected chi connectivity index (χ1v) is 9.16. The van der Waals surface area contributed by atoms with Crippen molar-refractivity contribution >= 4 is 11.6 Å². The number of nitrogens with zero attached hydrogens (tertiary/aromatic N) is 2. The highest BCUT2D eigenvalue weighted by atomic mass is 16.1. The van der Waals surface area contributed by atoms with Crippen LogP contribution in [0.4, 0.5) is 5.69 Å². The van der Waals surface area contributed by atoms with Crippen LogP contribution in [0.5, 0.6) is 0 Å². The van der Waals surface area contributed by atoms with Gasteiger partial charge in [-0.3, -0.25) is 4.79 Å². The number of rotatable bonds is 3. The number of fused-ring (bicyclic) bond motifs is 3. The number of nitrogens with one attached hydrogen (secondary N) is 1. The Hall–Kier alpha value is -3.79. The van der Waals surface area contributed by atoms with Gasteiger partial charge < -0.3 is 5.32 Å². The number of amides is 1. The molecule has 1 heterocycles. The lowest BCUT2D eigenvalue weighted by Gasteiger charge is -2.11. The van der Waals surface area contributed by atoms with Crippen LogP contribution in [0.1, 0.15) is 21.5 Å². The summed E-state index contributed by atoms with van der Waals surface area (Å²) in [6.07, 6.45) is 5.81. The number of hydrogen-bond acceptors (Lipinski definition) is 3. The first-order valence-electron chi connectivity index (χ1n) is 9.16. The molecule has 4 nitrogen and oxygen atoms in total. The van der Waals surface area contributed by atoms with E-state index >= 15 is 0 Å². The maximum Gasteiger partial charge on any atom is 0.255 e. The smallest absolute Gasteiger partial charge is 0.255 e. The molecule has 0 spiro atoms. The molecule has 1 N–H and O–H groups in total. The molecule has 1 aliphatic carbocycles. The molecule has 0 atom stereocenters. The average Bonchev–Trinajstić information content (AvgIpc) is 3.13. The number of aromatic nitrogens is 2. The van der Waals surface area contributed by atoms with Gasteiger partial charge in [-0.25, -0.2) is 9.97 Å². The largest absolute Gasteiger partial charge is 0.322 e. The van der Waals surface area contributed by atoms with Crippen LogP contribution in [0.2, 0.25) is 0 Å². The summed E-state index contributed by atoms with van der Waals surface area (Å²) in [5.41, 5.74) is 8.08. The van der Waals surface area contributed by atoms with E-state index in [0.29, 0.717) is 0 Å². The van der Waals surface area contributed by atoms with Gasteiger partial charge in [0.25, 0.3) is 5.91 Å². The zero-order valence-corrected chi connectivity index (χ0v) is 15.1. The van der Waals surface area contributed by atoms with Crippen molar-refractivity contribution in [3.05, 3.63) is 102 Å². The molecular weight excluding hydrogens is 346 g/mol. The van der Waals surface area contributed by atoms with Gasteiger partial charge in [0.1, 0.15) is 6.33 Å². The number of hydrogen-bond donors (Lipinski definition) is 1.